The molecule has 1 aliphatic carbocycles. The molecule has 0 amide bonds. The van der Waals surface area contributed by atoms with Crippen molar-refractivity contribution in [2.45, 2.75) is 57.7 Å². The maximum absolute atomic E-state index is 6.08. The molecule has 1 fully saturated rings. The molecule has 1 heterocycles. The summed E-state index contributed by atoms with van der Waals surface area (Å²) in [4.78, 5) is 0. The molecule has 2 aliphatic rings. The Morgan fingerprint density at radius 1 is 1.00 bits per heavy atom. The summed E-state index contributed by atoms with van der Waals surface area (Å²) < 4.78 is 23.4. The van der Waals surface area contributed by atoms with Crippen LogP contribution in [0.1, 0.15) is 49.7 Å². The van der Waals surface area contributed by atoms with Gasteiger partial charge in [-0.25, -0.2) is 0 Å². The van der Waals surface area contributed by atoms with Crippen LogP contribution in [0.25, 0.3) is 0 Å². The molecule has 0 aromatic heterocycles. The summed E-state index contributed by atoms with van der Waals surface area (Å²) in [5, 5.41) is 3.71. The van der Waals surface area contributed by atoms with Gasteiger partial charge in [0.1, 0.15) is 6.61 Å². The van der Waals surface area contributed by atoms with Gasteiger partial charge < -0.3 is 24.3 Å². The molecule has 0 atom stereocenters. The van der Waals surface area contributed by atoms with Crippen molar-refractivity contribution in [3.63, 3.8) is 0 Å². The first kappa shape index (κ1) is 20.4. The summed E-state index contributed by atoms with van der Waals surface area (Å²) in [6.07, 6.45) is 7.94. The topological polar surface area (TPSA) is 49.0 Å². The predicted molar refractivity (Wildman–Crippen MR) is 116 cm³/mol. The molecule has 0 radical (unpaired) electrons. The third kappa shape index (κ3) is 5.17. The molecule has 29 heavy (non-hydrogen) atoms. The molecule has 0 spiro atoms. The summed E-state index contributed by atoms with van der Waals surface area (Å²) in [5.74, 6) is 2.98. The minimum absolute atomic E-state index is 0.273. The fourth-order valence-corrected chi connectivity index (χ4v) is 4.55. The van der Waals surface area contributed by atoms with Crippen LogP contribution < -0.4 is 24.3 Å². The molecule has 2 aromatic rings. The van der Waals surface area contributed by atoms with Crippen LogP contribution in [-0.2, 0) is 13.2 Å². The maximum atomic E-state index is 6.08. The molecule has 0 unspecified atom stereocenters. The average Bonchev–Trinajstić information content (AvgIpc) is 3.04. The third-order valence-corrected chi connectivity index (χ3v) is 6.15. The van der Waals surface area contributed by atoms with Crippen molar-refractivity contribution in [3.8, 4) is 23.0 Å². The van der Waals surface area contributed by atoms with Crippen molar-refractivity contribution in [1.29, 1.82) is 0 Å². The minimum atomic E-state index is 0.273. The van der Waals surface area contributed by atoms with Gasteiger partial charge in [0.15, 0.2) is 23.0 Å². The molecule has 156 valence electrons. The molecular formula is C23H28BrNO4. The zero-order valence-corrected chi connectivity index (χ0v) is 18.4. The van der Waals surface area contributed by atoms with E-state index in [4.69, 9.17) is 18.9 Å². The zero-order valence-electron chi connectivity index (χ0n) is 16.8. The second kappa shape index (κ2) is 9.72. The SMILES string of the molecule is COc1cc(CNC2CCCCCC2)cc(Br)c1OCc1ccc2c(c1)OCO2. The van der Waals surface area contributed by atoms with Crippen molar-refractivity contribution in [3.05, 3.63) is 45.9 Å². The fourth-order valence-electron chi connectivity index (χ4n) is 3.95. The molecule has 1 aliphatic heterocycles. The van der Waals surface area contributed by atoms with Crippen LogP contribution in [-0.4, -0.2) is 19.9 Å². The highest BCUT2D eigenvalue weighted by Gasteiger charge is 2.16. The first-order valence-corrected chi connectivity index (χ1v) is 11.1. The Morgan fingerprint density at radius 3 is 2.59 bits per heavy atom. The summed E-state index contributed by atoms with van der Waals surface area (Å²) in [5.41, 5.74) is 2.20. The lowest BCUT2D eigenvalue weighted by Gasteiger charge is -2.18. The van der Waals surface area contributed by atoms with Crippen LogP contribution in [0.4, 0.5) is 0 Å². The lowest BCUT2D eigenvalue weighted by molar-refractivity contribution is 0.174. The van der Waals surface area contributed by atoms with Gasteiger partial charge in [-0.1, -0.05) is 31.7 Å². The van der Waals surface area contributed by atoms with Crippen molar-refractivity contribution in [1.82, 2.24) is 5.32 Å². The van der Waals surface area contributed by atoms with Crippen molar-refractivity contribution >= 4 is 15.9 Å². The predicted octanol–water partition coefficient (Wildman–Crippen LogP) is 5.58. The summed E-state index contributed by atoms with van der Waals surface area (Å²) in [6.45, 7) is 1.53. The minimum Gasteiger partial charge on any atom is -0.493 e. The molecule has 0 saturated heterocycles. The van der Waals surface area contributed by atoms with Gasteiger partial charge in [-0.05, 0) is 64.2 Å². The van der Waals surface area contributed by atoms with Crippen LogP contribution in [0.5, 0.6) is 23.0 Å². The number of nitrogens with one attached hydrogen (secondary N) is 1. The Balaban J connectivity index is 1.40. The number of halogens is 1. The Labute approximate surface area is 180 Å². The highest BCUT2D eigenvalue weighted by atomic mass is 79.9. The van der Waals surface area contributed by atoms with E-state index in [1.165, 1.54) is 44.1 Å². The van der Waals surface area contributed by atoms with Crippen molar-refractivity contribution in [2.75, 3.05) is 13.9 Å². The number of hydrogen-bond acceptors (Lipinski definition) is 5. The van der Waals surface area contributed by atoms with Gasteiger partial charge in [-0.3, -0.25) is 0 Å². The maximum Gasteiger partial charge on any atom is 0.231 e. The van der Waals surface area contributed by atoms with Gasteiger partial charge in [-0.15, -0.1) is 0 Å². The second-order valence-electron chi connectivity index (χ2n) is 7.65. The van der Waals surface area contributed by atoms with Crippen LogP contribution in [0.15, 0.2) is 34.8 Å². The Bertz CT molecular complexity index is 834. The molecule has 1 N–H and O–H groups in total. The van der Waals surface area contributed by atoms with Gasteiger partial charge in [0.2, 0.25) is 6.79 Å². The quantitative estimate of drug-likeness (QED) is 0.545. The van der Waals surface area contributed by atoms with Crippen LogP contribution in [0.2, 0.25) is 0 Å². The highest BCUT2D eigenvalue weighted by Crippen LogP contribution is 2.38. The Hall–Kier alpha value is -1.92. The van der Waals surface area contributed by atoms with Gasteiger partial charge in [-0.2, -0.15) is 0 Å². The van der Waals surface area contributed by atoms with Crippen LogP contribution >= 0.6 is 15.9 Å². The number of hydrogen-bond donors (Lipinski definition) is 1. The summed E-state index contributed by atoms with van der Waals surface area (Å²) in [6, 6.07) is 10.6. The van der Waals surface area contributed by atoms with Gasteiger partial charge in [0, 0.05) is 12.6 Å². The number of ether oxygens (including phenoxy) is 4. The van der Waals surface area contributed by atoms with Gasteiger partial charge in [0.25, 0.3) is 0 Å². The van der Waals surface area contributed by atoms with Gasteiger partial charge in [0.05, 0.1) is 11.6 Å². The van der Waals surface area contributed by atoms with E-state index in [2.05, 4.69) is 33.4 Å². The van der Waals surface area contributed by atoms with Crippen LogP contribution in [0.3, 0.4) is 0 Å². The molecular weight excluding hydrogens is 434 g/mol. The highest BCUT2D eigenvalue weighted by molar-refractivity contribution is 9.10. The van der Waals surface area contributed by atoms with E-state index >= 15 is 0 Å². The zero-order chi connectivity index (χ0) is 20.1. The molecule has 1 saturated carbocycles. The van der Waals surface area contributed by atoms with Gasteiger partial charge >= 0.3 is 0 Å². The average molecular weight is 462 g/mol. The standard InChI is InChI=1S/C23H28BrNO4/c1-26-22-12-17(13-25-18-6-4-2-3-5-7-18)10-19(24)23(22)27-14-16-8-9-20-21(11-16)29-15-28-20/h8-12,18,25H,2-7,13-15H2,1H3. The largest absolute Gasteiger partial charge is 0.493 e. The van der Waals surface area contributed by atoms with E-state index in [0.717, 1.165) is 33.8 Å². The van der Waals surface area contributed by atoms with Crippen molar-refractivity contribution in [2.24, 2.45) is 0 Å². The monoisotopic (exact) mass is 461 g/mol. The molecule has 2 aromatic carbocycles. The first-order chi connectivity index (χ1) is 14.2. The third-order valence-electron chi connectivity index (χ3n) is 5.56. The van der Waals surface area contributed by atoms with Crippen molar-refractivity contribution < 1.29 is 18.9 Å². The Kier molecular flexibility index (Phi) is 6.82. The number of rotatable bonds is 7. The van der Waals surface area contributed by atoms with E-state index in [1.54, 1.807) is 7.11 Å². The molecule has 0 bridgehead atoms. The summed E-state index contributed by atoms with van der Waals surface area (Å²) in [7, 11) is 1.68. The summed E-state index contributed by atoms with van der Waals surface area (Å²) >= 11 is 3.66. The number of methoxy groups -OCH3 is 1. The van der Waals surface area contributed by atoms with E-state index in [9.17, 15) is 0 Å². The van der Waals surface area contributed by atoms with E-state index < -0.39 is 0 Å². The molecule has 6 heteroatoms. The van der Waals surface area contributed by atoms with E-state index in [1.807, 2.05) is 18.2 Å². The number of benzene rings is 2. The van der Waals surface area contributed by atoms with E-state index in [-0.39, 0.29) is 6.79 Å². The smallest absolute Gasteiger partial charge is 0.231 e. The van der Waals surface area contributed by atoms with E-state index in [0.29, 0.717) is 18.4 Å². The second-order valence-corrected chi connectivity index (χ2v) is 8.51. The molecule has 4 rings (SSSR count). The van der Waals surface area contributed by atoms with Crippen LogP contribution in [0, 0.1) is 0 Å². The lowest BCUT2D eigenvalue weighted by atomic mass is 10.1. The number of fused-ring (bicyclic) bond motifs is 1. The Morgan fingerprint density at radius 2 is 1.79 bits per heavy atom. The fraction of sp³-hybridized carbons (Fsp3) is 0.478. The first-order valence-electron chi connectivity index (χ1n) is 10.3. The lowest BCUT2D eigenvalue weighted by Crippen LogP contribution is -2.27. The normalized spacial score (nSPS) is 16.5. The molecule has 5 nitrogen and oxygen atoms in total.